The molecule has 2 aromatic rings. The van der Waals surface area contributed by atoms with Crippen LogP contribution in [0.5, 0.6) is 0 Å². The van der Waals surface area contributed by atoms with Crippen molar-refractivity contribution in [1.82, 2.24) is 19.8 Å². The number of amides is 1. The highest BCUT2D eigenvalue weighted by Crippen LogP contribution is 2.20. The molecule has 0 radical (unpaired) electrons. The highest BCUT2D eigenvalue weighted by atomic mass is 32.2. The van der Waals surface area contributed by atoms with Crippen LogP contribution in [0.15, 0.2) is 24.4 Å². The molecular formula is C14H18N4O3S. The summed E-state index contributed by atoms with van der Waals surface area (Å²) < 4.78 is 25.3. The topological polar surface area (TPSA) is 95.2 Å². The van der Waals surface area contributed by atoms with Crippen molar-refractivity contribution in [3.05, 3.63) is 30.0 Å². The maximum absolute atomic E-state index is 12.7. The first kappa shape index (κ1) is 15.0. The Morgan fingerprint density at radius 2 is 2.27 bits per heavy atom. The number of rotatable bonds is 3. The number of hydrogen-bond donors (Lipinski definition) is 2. The van der Waals surface area contributed by atoms with Crippen molar-refractivity contribution in [3.63, 3.8) is 0 Å². The van der Waals surface area contributed by atoms with Gasteiger partial charge in [0.2, 0.25) is 10.0 Å². The number of H-pyrrole nitrogens is 1. The van der Waals surface area contributed by atoms with E-state index in [9.17, 15) is 13.2 Å². The monoisotopic (exact) mass is 322 g/mol. The summed E-state index contributed by atoms with van der Waals surface area (Å²) in [6.45, 7) is 1.02. The Hall–Kier alpha value is -1.93. The molecular weight excluding hydrogens is 304 g/mol. The van der Waals surface area contributed by atoms with Crippen LogP contribution in [-0.2, 0) is 10.0 Å². The number of carbonyl (C=O) groups is 1. The van der Waals surface area contributed by atoms with E-state index in [0.717, 1.165) is 24.5 Å². The Kier molecular flexibility index (Phi) is 3.88. The smallest absolute Gasteiger partial charge is 0.256 e. The molecule has 22 heavy (non-hydrogen) atoms. The Morgan fingerprint density at radius 1 is 1.45 bits per heavy atom. The van der Waals surface area contributed by atoms with Crippen molar-refractivity contribution in [1.29, 1.82) is 0 Å². The number of aromatic nitrogens is 2. The van der Waals surface area contributed by atoms with Crippen molar-refractivity contribution in [2.45, 2.75) is 18.9 Å². The Morgan fingerprint density at radius 3 is 3.05 bits per heavy atom. The van der Waals surface area contributed by atoms with Crippen LogP contribution in [0.4, 0.5) is 0 Å². The maximum Gasteiger partial charge on any atom is 0.256 e. The van der Waals surface area contributed by atoms with Crippen LogP contribution in [-0.4, -0.2) is 54.8 Å². The third kappa shape index (κ3) is 3.12. The van der Waals surface area contributed by atoms with Crippen LogP contribution in [0.3, 0.4) is 0 Å². The molecule has 0 saturated carbocycles. The van der Waals surface area contributed by atoms with Crippen molar-refractivity contribution in [3.8, 4) is 0 Å². The Balaban J connectivity index is 1.81. The number of sulfonamides is 1. The SMILES string of the molecule is CS(=O)(=O)NC1CCCN(C(=O)c2cccc3cn[nH]c23)C1. The number of benzene rings is 1. The van der Waals surface area contributed by atoms with Gasteiger partial charge in [0.15, 0.2) is 0 Å². The summed E-state index contributed by atoms with van der Waals surface area (Å²) >= 11 is 0. The fraction of sp³-hybridized carbons (Fsp3) is 0.429. The fourth-order valence-corrected chi connectivity index (χ4v) is 3.68. The quantitative estimate of drug-likeness (QED) is 0.870. The van der Waals surface area contributed by atoms with Crippen molar-refractivity contribution in [2.75, 3.05) is 19.3 Å². The molecule has 1 aliphatic heterocycles. The van der Waals surface area contributed by atoms with E-state index < -0.39 is 10.0 Å². The van der Waals surface area contributed by atoms with E-state index in [1.807, 2.05) is 12.1 Å². The molecule has 0 spiro atoms. The van der Waals surface area contributed by atoms with Gasteiger partial charge in [-0.1, -0.05) is 12.1 Å². The first-order valence-corrected chi connectivity index (χ1v) is 9.02. The van der Waals surface area contributed by atoms with Crippen LogP contribution in [0.1, 0.15) is 23.2 Å². The number of aromatic amines is 1. The minimum atomic E-state index is -3.27. The van der Waals surface area contributed by atoms with Crippen molar-refractivity contribution in [2.24, 2.45) is 0 Å². The minimum Gasteiger partial charge on any atom is -0.337 e. The van der Waals surface area contributed by atoms with E-state index in [-0.39, 0.29) is 11.9 Å². The van der Waals surface area contributed by atoms with E-state index in [0.29, 0.717) is 24.2 Å². The molecule has 1 saturated heterocycles. The average molecular weight is 322 g/mol. The maximum atomic E-state index is 12.7. The van der Waals surface area contributed by atoms with E-state index >= 15 is 0 Å². The molecule has 0 aliphatic carbocycles. The first-order chi connectivity index (χ1) is 10.4. The zero-order chi connectivity index (χ0) is 15.7. The molecule has 1 atom stereocenters. The number of para-hydroxylation sites is 1. The average Bonchev–Trinajstić information content (AvgIpc) is 2.93. The zero-order valence-electron chi connectivity index (χ0n) is 12.2. The molecule has 2 N–H and O–H groups in total. The molecule has 3 rings (SSSR count). The van der Waals surface area contributed by atoms with Crippen molar-refractivity contribution < 1.29 is 13.2 Å². The fourth-order valence-electron chi connectivity index (χ4n) is 2.88. The third-order valence-corrected chi connectivity index (χ3v) is 4.56. The third-order valence-electron chi connectivity index (χ3n) is 3.80. The van der Waals surface area contributed by atoms with Gasteiger partial charge in [-0.2, -0.15) is 5.10 Å². The summed E-state index contributed by atoms with van der Waals surface area (Å²) in [7, 11) is -3.27. The standard InChI is InChI=1S/C14H18N4O3S/c1-22(20,21)17-11-5-3-7-18(9-11)14(19)12-6-2-4-10-8-15-16-13(10)12/h2,4,6,8,11,17H,3,5,7,9H2,1H3,(H,15,16). The highest BCUT2D eigenvalue weighted by molar-refractivity contribution is 7.88. The highest BCUT2D eigenvalue weighted by Gasteiger charge is 2.27. The molecule has 1 aliphatic rings. The number of nitrogens with zero attached hydrogens (tertiary/aromatic N) is 2. The summed E-state index contributed by atoms with van der Waals surface area (Å²) in [5.74, 6) is -0.102. The summed E-state index contributed by atoms with van der Waals surface area (Å²) in [6, 6.07) is 5.24. The molecule has 7 nitrogen and oxygen atoms in total. The van der Waals surface area contributed by atoms with Crippen LogP contribution in [0, 0.1) is 0 Å². The molecule has 2 heterocycles. The van der Waals surface area contributed by atoms with Crippen LogP contribution in [0.2, 0.25) is 0 Å². The Bertz CT molecular complexity index is 799. The first-order valence-electron chi connectivity index (χ1n) is 7.13. The van der Waals surface area contributed by atoms with Crippen LogP contribution in [0.25, 0.3) is 10.9 Å². The van der Waals surface area contributed by atoms with Gasteiger partial charge in [-0.3, -0.25) is 9.89 Å². The van der Waals surface area contributed by atoms with E-state index in [2.05, 4.69) is 14.9 Å². The van der Waals surface area contributed by atoms with E-state index in [1.165, 1.54) is 0 Å². The molecule has 1 unspecified atom stereocenters. The lowest BCUT2D eigenvalue weighted by molar-refractivity contribution is 0.0705. The largest absolute Gasteiger partial charge is 0.337 e. The van der Waals surface area contributed by atoms with Gasteiger partial charge in [-0.25, -0.2) is 13.1 Å². The lowest BCUT2D eigenvalue weighted by Crippen LogP contribution is -2.49. The van der Waals surface area contributed by atoms with Gasteiger partial charge < -0.3 is 4.90 Å². The molecule has 8 heteroatoms. The minimum absolute atomic E-state index is 0.102. The molecule has 0 bridgehead atoms. The van der Waals surface area contributed by atoms with Gasteiger partial charge in [-0.15, -0.1) is 0 Å². The van der Waals surface area contributed by atoms with Gasteiger partial charge in [0.05, 0.1) is 23.5 Å². The number of hydrogen-bond acceptors (Lipinski definition) is 4. The number of nitrogens with one attached hydrogen (secondary N) is 2. The number of likely N-dealkylation sites (tertiary alicyclic amines) is 1. The Labute approximate surface area is 128 Å². The summed E-state index contributed by atoms with van der Waals surface area (Å²) in [6.07, 6.45) is 4.33. The van der Waals surface area contributed by atoms with Gasteiger partial charge in [-0.05, 0) is 18.9 Å². The van der Waals surface area contributed by atoms with Crippen LogP contribution >= 0.6 is 0 Å². The van der Waals surface area contributed by atoms with Gasteiger partial charge in [0.25, 0.3) is 5.91 Å². The molecule has 118 valence electrons. The predicted molar refractivity (Wildman–Crippen MR) is 83.0 cm³/mol. The summed E-state index contributed by atoms with van der Waals surface area (Å²) in [5.41, 5.74) is 1.28. The van der Waals surface area contributed by atoms with Crippen LogP contribution < -0.4 is 4.72 Å². The lowest BCUT2D eigenvalue weighted by Gasteiger charge is -2.32. The molecule has 1 amide bonds. The summed E-state index contributed by atoms with van der Waals surface area (Å²) in [4.78, 5) is 14.4. The lowest BCUT2D eigenvalue weighted by atomic mass is 10.0. The van der Waals surface area contributed by atoms with Gasteiger partial charge in [0.1, 0.15) is 0 Å². The molecule has 1 aromatic heterocycles. The zero-order valence-corrected chi connectivity index (χ0v) is 13.1. The number of fused-ring (bicyclic) bond motifs is 1. The molecule has 1 fully saturated rings. The number of piperidine rings is 1. The number of carbonyl (C=O) groups excluding carboxylic acids is 1. The van der Waals surface area contributed by atoms with E-state index in [1.54, 1.807) is 17.2 Å². The predicted octanol–water partition coefficient (Wildman–Crippen LogP) is 0.717. The second kappa shape index (κ2) is 5.69. The van der Waals surface area contributed by atoms with Crippen molar-refractivity contribution >= 4 is 26.8 Å². The van der Waals surface area contributed by atoms with Gasteiger partial charge >= 0.3 is 0 Å². The second-order valence-corrected chi connectivity index (χ2v) is 7.40. The summed E-state index contributed by atoms with van der Waals surface area (Å²) in [5, 5.41) is 7.70. The van der Waals surface area contributed by atoms with E-state index in [4.69, 9.17) is 0 Å². The normalized spacial score (nSPS) is 19.5. The second-order valence-electron chi connectivity index (χ2n) is 5.62. The molecule has 1 aromatic carbocycles. The van der Waals surface area contributed by atoms with Gasteiger partial charge in [0, 0.05) is 24.5 Å².